The van der Waals surface area contributed by atoms with Crippen LogP contribution in [0.5, 0.6) is 11.5 Å². The van der Waals surface area contributed by atoms with Gasteiger partial charge >= 0.3 is 0 Å². The van der Waals surface area contributed by atoms with Gasteiger partial charge in [0.15, 0.2) is 11.5 Å². The normalized spacial score (nSPS) is 12.2. The van der Waals surface area contributed by atoms with Gasteiger partial charge in [-0.25, -0.2) is 5.21 Å². The van der Waals surface area contributed by atoms with E-state index in [-0.39, 0.29) is 11.5 Å². The Balaban J connectivity index is 2.23. The van der Waals surface area contributed by atoms with E-state index < -0.39 is 5.23 Å². The number of hydrogen-bond donors (Lipinski definition) is 2. The largest absolute Gasteiger partial charge is 0.595 e. The molecule has 0 aliphatic heterocycles. The molecule has 0 saturated carbocycles. The maximum Gasteiger partial charge on any atom is 0.189 e. The van der Waals surface area contributed by atoms with Crippen LogP contribution in [0.4, 0.5) is 5.69 Å². The SMILES string of the molecule is COc1ccc(C(=O)C=Cc2cccc([NH+]([O-])O)c2)c(OC)c1. The number of carbonyl (C=O) groups is 1. The number of rotatable bonds is 6. The summed E-state index contributed by atoms with van der Waals surface area (Å²) in [7, 11) is 3.01. The lowest BCUT2D eigenvalue weighted by Crippen LogP contribution is -2.99. The van der Waals surface area contributed by atoms with Crippen molar-refractivity contribution in [3.8, 4) is 11.5 Å². The number of quaternary nitrogens is 1. The fourth-order valence-electron chi connectivity index (χ4n) is 2.04. The third-order valence-electron chi connectivity index (χ3n) is 3.23. The van der Waals surface area contributed by atoms with E-state index in [0.717, 1.165) is 0 Å². The molecular weight excluding hydrogens is 298 g/mol. The zero-order chi connectivity index (χ0) is 16.8. The van der Waals surface area contributed by atoms with E-state index in [4.69, 9.17) is 14.7 Å². The summed E-state index contributed by atoms with van der Waals surface area (Å²) in [5, 5.41) is 18.9. The van der Waals surface area contributed by atoms with E-state index in [9.17, 15) is 10.0 Å². The Kier molecular flexibility index (Phi) is 5.48. The van der Waals surface area contributed by atoms with E-state index in [2.05, 4.69) is 0 Å². The molecule has 6 nitrogen and oxygen atoms in total. The molecule has 0 heterocycles. The fraction of sp³-hybridized carbons (Fsp3) is 0.118. The van der Waals surface area contributed by atoms with Crippen molar-refractivity contribution in [3.63, 3.8) is 0 Å². The molecule has 0 spiro atoms. The second kappa shape index (κ2) is 7.55. The van der Waals surface area contributed by atoms with Crippen LogP contribution in [0, 0.1) is 5.21 Å². The van der Waals surface area contributed by atoms with Gasteiger partial charge in [0, 0.05) is 18.2 Å². The van der Waals surface area contributed by atoms with Crippen molar-refractivity contribution in [1.82, 2.24) is 0 Å². The molecule has 2 aromatic rings. The van der Waals surface area contributed by atoms with Crippen LogP contribution in [-0.2, 0) is 0 Å². The van der Waals surface area contributed by atoms with E-state index in [1.54, 1.807) is 36.4 Å². The topological polar surface area (TPSA) is 83.3 Å². The summed E-state index contributed by atoms with van der Waals surface area (Å²) in [5.41, 5.74) is 1.20. The highest BCUT2D eigenvalue weighted by Gasteiger charge is 2.11. The van der Waals surface area contributed by atoms with Crippen LogP contribution in [0.3, 0.4) is 0 Å². The van der Waals surface area contributed by atoms with Crippen LogP contribution in [0.1, 0.15) is 15.9 Å². The molecule has 0 amide bonds. The van der Waals surface area contributed by atoms with Crippen molar-refractivity contribution in [3.05, 3.63) is 64.9 Å². The predicted molar refractivity (Wildman–Crippen MR) is 85.1 cm³/mol. The Hall–Kier alpha value is -2.67. The minimum Gasteiger partial charge on any atom is -0.595 e. The minimum atomic E-state index is -1.01. The van der Waals surface area contributed by atoms with E-state index in [0.29, 0.717) is 22.6 Å². The molecule has 23 heavy (non-hydrogen) atoms. The molecule has 0 saturated heterocycles. The number of carbonyl (C=O) groups excluding carboxylic acids is 1. The molecule has 0 bridgehead atoms. The molecule has 2 aromatic carbocycles. The van der Waals surface area contributed by atoms with Gasteiger partial charge < -0.3 is 14.7 Å². The van der Waals surface area contributed by atoms with Crippen molar-refractivity contribution in [2.75, 3.05) is 14.2 Å². The van der Waals surface area contributed by atoms with Gasteiger partial charge in [-0.2, -0.15) is 5.23 Å². The van der Waals surface area contributed by atoms with Gasteiger partial charge in [-0.3, -0.25) is 4.79 Å². The molecule has 1 atom stereocenters. The third-order valence-corrected chi connectivity index (χ3v) is 3.23. The second-order valence-corrected chi connectivity index (χ2v) is 4.69. The highest BCUT2D eigenvalue weighted by atomic mass is 16.8. The molecule has 0 aromatic heterocycles. The monoisotopic (exact) mass is 315 g/mol. The lowest BCUT2D eigenvalue weighted by Gasteiger charge is -2.11. The summed E-state index contributed by atoms with van der Waals surface area (Å²) in [6.07, 6.45) is 2.95. The molecule has 6 heteroatoms. The summed E-state index contributed by atoms with van der Waals surface area (Å²) in [5.74, 6) is 0.764. The molecular formula is C17H17NO5. The Morgan fingerprint density at radius 3 is 2.61 bits per heavy atom. The Labute approximate surface area is 133 Å². The number of ether oxygens (including phenoxy) is 2. The number of ketones is 1. The first-order valence-corrected chi connectivity index (χ1v) is 6.83. The molecule has 120 valence electrons. The maximum atomic E-state index is 12.3. The fourth-order valence-corrected chi connectivity index (χ4v) is 2.04. The summed E-state index contributed by atoms with van der Waals surface area (Å²) in [4.78, 5) is 12.3. The van der Waals surface area contributed by atoms with Crippen LogP contribution in [0.15, 0.2) is 48.5 Å². The molecule has 1 unspecified atom stereocenters. The Bertz CT molecular complexity index is 725. The third kappa shape index (κ3) is 4.17. The lowest BCUT2D eigenvalue weighted by atomic mass is 10.1. The highest BCUT2D eigenvalue weighted by molar-refractivity contribution is 6.08. The Morgan fingerprint density at radius 1 is 1.17 bits per heavy atom. The molecule has 0 aliphatic rings. The van der Waals surface area contributed by atoms with Crippen LogP contribution < -0.4 is 14.7 Å². The van der Waals surface area contributed by atoms with Gasteiger partial charge in [-0.1, -0.05) is 18.2 Å². The summed E-state index contributed by atoms with van der Waals surface area (Å²) < 4.78 is 10.3. The lowest BCUT2D eigenvalue weighted by molar-refractivity contribution is -0.991. The zero-order valence-corrected chi connectivity index (χ0v) is 12.8. The number of nitrogens with one attached hydrogen (secondary N) is 1. The number of methoxy groups -OCH3 is 2. The standard InChI is InChI=1S/C17H17NO5/c1-22-14-7-8-15(17(11-14)23-2)16(19)9-6-12-4-3-5-13(10-12)18(20)21/h3-11,18,20H,1-2H3. The van der Waals surface area contributed by atoms with Gasteiger partial charge in [0.1, 0.15) is 11.5 Å². The van der Waals surface area contributed by atoms with Crippen LogP contribution in [-0.4, -0.2) is 25.2 Å². The van der Waals surface area contributed by atoms with Gasteiger partial charge in [0.25, 0.3) is 0 Å². The molecule has 2 N–H and O–H groups in total. The minimum absolute atomic E-state index is 0.168. The zero-order valence-electron chi connectivity index (χ0n) is 12.8. The quantitative estimate of drug-likeness (QED) is 0.484. The molecule has 0 radical (unpaired) electrons. The number of hydrogen-bond acceptors (Lipinski definition) is 5. The average molecular weight is 315 g/mol. The second-order valence-electron chi connectivity index (χ2n) is 4.69. The van der Waals surface area contributed by atoms with Gasteiger partial charge in [0.2, 0.25) is 0 Å². The van der Waals surface area contributed by atoms with Crippen molar-refractivity contribution in [1.29, 1.82) is 0 Å². The molecule has 2 rings (SSSR count). The maximum absolute atomic E-state index is 12.3. The van der Waals surface area contributed by atoms with Crippen molar-refractivity contribution in [2.45, 2.75) is 0 Å². The van der Waals surface area contributed by atoms with Crippen LogP contribution in [0.2, 0.25) is 0 Å². The summed E-state index contributed by atoms with van der Waals surface area (Å²) in [6.45, 7) is 0. The first-order chi connectivity index (χ1) is 11.0. The van der Waals surface area contributed by atoms with Crippen LogP contribution >= 0.6 is 0 Å². The highest BCUT2D eigenvalue weighted by Crippen LogP contribution is 2.25. The van der Waals surface area contributed by atoms with Crippen LogP contribution in [0.25, 0.3) is 6.08 Å². The van der Waals surface area contributed by atoms with Gasteiger partial charge in [-0.15, -0.1) is 0 Å². The predicted octanol–water partition coefficient (Wildman–Crippen LogP) is 2.00. The molecule has 0 aliphatic carbocycles. The molecule has 0 fully saturated rings. The number of benzene rings is 2. The first kappa shape index (κ1) is 16.7. The van der Waals surface area contributed by atoms with Gasteiger partial charge in [0.05, 0.1) is 19.8 Å². The summed E-state index contributed by atoms with van der Waals surface area (Å²) >= 11 is 0. The number of allylic oxidation sites excluding steroid dienone is 1. The Morgan fingerprint density at radius 2 is 1.96 bits per heavy atom. The summed E-state index contributed by atoms with van der Waals surface area (Å²) in [6, 6.07) is 11.3. The van der Waals surface area contributed by atoms with E-state index >= 15 is 0 Å². The van der Waals surface area contributed by atoms with E-state index in [1.807, 2.05) is 0 Å². The van der Waals surface area contributed by atoms with Crippen molar-refractivity contribution < 1.29 is 24.7 Å². The van der Waals surface area contributed by atoms with Crippen molar-refractivity contribution >= 4 is 17.5 Å². The average Bonchev–Trinajstić information content (AvgIpc) is 2.59. The van der Waals surface area contributed by atoms with Crippen molar-refractivity contribution in [2.24, 2.45) is 0 Å². The first-order valence-electron chi connectivity index (χ1n) is 6.83. The smallest absolute Gasteiger partial charge is 0.189 e. The van der Waals surface area contributed by atoms with E-state index in [1.165, 1.54) is 32.4 Å². The van der Waals surface area contributed by atoms with Gasteiger partial charge in [-0.05, 0) is 23.8 Å².